The summed E-state index contributed by atoms with van der Waals surface area (Å²) in [6.07, 6.45) is 1.80. The van der Waals surface area contributed by atoms with Crippen molar-refractivity contribution in [3.63, 3.8) is 0 Å². The molecule has 4 N–H and O–H groups in total. The number of H-pyrrole nitrogens is 1. The zero-order valence-corrected chi connectivity index (χ0v) is 10.6. The van der Waals surface area contributed by atoms with Gasteiger partial charge in [0.25, 0.3) is 5.91 Å². The van der Waals surface area contributed by atoms with Crippen molar-refractivity contribution in [2.75, 3.05) is 11.9 Å². The molecule has 0 saturated heterocycles. The monoisotopic (exact) mass is 260 g/mol. The molecule has 0 unspecified atom stereocenters. The highest BCUT2D eigenvalue weighted by molar-refractivity contribution is 5.75. The number of ether oxygens (including phenoxy) is 1. The van der Waals surface area contributed by atoms with Gasteiger partial charge in [-0.15, -0.1) is 0 Å². The fourth-order valence-electron chi connectivity index (χ4n) is 1.58. The van der Waals surface area contributed by atoms with Crippen LogP contribution in [0.25, 0.3) is 0 Å². The third-order valence-corrected chi connectivity index (χ3v) is 2.47. The zero-order valence-electron chi connectivity index (χ0n) is 10.6. The lowest BCUT2D eigenvalue weighted by molar-refractivity contribution is -0.119. The van der Waals surface area contributed by atoms with Crippen molar-refractivity contribution in [3.8, 4) is 5.75 Å². The molecule has 0 fully saturated rings. The Kier molecular flexibility index (Phi) is 4.02. The first-order valence-corrected chi connectivity index (χ1v) is 5.89. The van der Waals surface area contributed by atoms with Crippen molar-refractivity contribution >= 4 is 11.6 Å². The van der Waals surface area contributed by atoms with E-state index in [1.165, 1.54) is 0 Å². The largest absolute Gasteiger partial charge is 0.484 e. The van der Waals surface area contributed by atoms with Gasteiger partial charge in [0.15, 0.2) is 6.61 Å². The van der Waals surface area contributed by atoms with Gasteiger partial charge in [0.1, 0.15) is 11.6 Å². The Hall–Kier alpha value is -2.50. The number of hydrogen-bond acceptors (Lipinski definition) is 4. The number of nitrogens with two attached hydrogens (primary N) is 1. The summed E-state index contributed by atoms with van der Waals surface area (Å²) in [5, 5.41) is 3.25. The summed E-state index contributed by atoms with van der Waals surface area (Å²) >= 11 is 0. The minimum Gasteiger partial charge on any atom is -0.484 e. The molecule has 1 heterocycles. The smallest absolute Gasteiger partial charge is 0.255 e. The fourth-order valence-corrected chi connectivity index (χ4v) is 1.58. The molecule has 0 aliphatic rings. The number of anilines is 1. The Balaban J connectivity index is 1.86. The van der Waals surface area contributed by atoms with Crippen molar-refractivity contribution in [2.45, 2.75) is 13.5 Å². The van der Waals surface area contributed by atoms with Crippen LogP contribution in [0.5, 0.6) is 5.75 Å². The SMILES string of the molecule is Cc1ncc(CNc2ccc(OCC(N)=O)cc2)[nH]1. The van der Waals surface area contributed by atoms with Crippen molar-refractivity contribution in [3.05, 3.63) is 42.0 Å². The third-order valence-electron chi connectivity index (χ3n) is 2.47. The van der Waals surface area contributed by atoms with E-state index in [1.54, 1.807) is 18.3 Å². The van der Waals surface area contributed by atoms with E-state index in [2.05, 4.69) is 15.3 Å². The molecule has 1 aromatic heterocycles. The molecule has 2 aromatic rings. The maximum atomic E-state index is 10.6. The second-order valence-electron chi connectivity index (χ2n) is 4.13. The number of benzene rings is 1. The highest BCUT2D eigenvalue weighted by Gasteiger charge is 1.99. The molecule has 2 rings (SSSR count). The van der Waals surface area contributed by atoms with E-state index in [-0.39, 0.29) is 6.61 Å². The lowest BCUT2D eigenvalue weighted by Gasteiger charge is -2.07. The third kappa shape index (κ3) is 4.02. The van der Waals surface area contributed by atoms with Crippen LogP contribution in [0.15, 0.2) is 30.5 Å². The molecule has 0 bridgehead atoms. The molecule has 1 amide bonds. The van der Waals surface area contributed by atoms with Gasteiger partial charge < -0.3 is 20.8 Å². The van der Waals surface area contributed by atoms with Crippen LogP contribution in [0.2, 0.25) is 0 Å². The number of aryl methyl sites for hydroxylation is 1. The Morgan fingerprint density at radius 2 is 2.16 bits per heavy atom. The predicted octanol–water partition coefficient (Wildman–Crippen LogP) is 1.19. The highest BCUT2D eigenvalue weighted by Crippen LogP contribution is 2.16. The summed E-state index contributed by atoms with van der Waals surface area (Å²) in [6.45, 7) is 2.47. The van der Waals surface area contributed by atoms with Gasteiger partial charge >= 0.3 is 0 Å². The summed E-state index contributed by atoms with van der Waals surface area (Å²) in [4.78, 5) is 17.8. The number of nitrogens with zero attached hydrogens (tertiary/aromatic N) is 1. The first-order chi connectivity index (χ1) is 9.13. The van der Waals surface area contributed by atoms with Crippen LogP contribution < -0.4 is 15.8 Å². The number of imidazole rings is 1. The van der Waals surface area contributed by atoms with E-state index >= 15 is 0 Å². The normalized spacial score (nSPS) is 10.2. The van der Waals surface area contributed by atoms with Gasteiger partial charge in [0.2, 0.25) is 0 Å². The van der Waals surface area contributed by atoms with E-state index in [1.807, 2.05) is 19.1 Å². The second-order valence-corrected chi connectivity index (χ2v) is 4.13. The molecule has 0 saturated carbocycles. The van der Waals surface area contributed by atoms with Crippen LogP contribution in [-0.4, -0.2) is 22.5 Å². The summed E-state index contributed by atoms with van der Waals surface area (Å²) in [5.74, 6) is 1.02. The van der Waals surface area contributed by atoms with Crippen LogP contribution in [0.1, 0.15) is 11.5 Å². The Labute approximate surface area is 111 Å². The molecule has 100 valence electrons. The number of carbonyl (C=O) groups is 1. The van der Waals surface area contributed by atoms with Crippen LogP contribution in [0, 0.1) is 6.92 Å². The standard InChI is InChI=1S/C13H16N4O2/c1-9-15-6-11(17-9)7-16-10-2-4-12(5-3-10)19-8-13(14)18/h2-6,16H,7-8H2,1H3,(H2,14,18)(H,15,17). The molecule has 0 atom stereocenters. The molecule has 0 aliphatic carbocycles. The highest BCUT2D eigenvalue weighted by atomic mass is 16.5. The van der Waals surface area contributed by atoms with Crippen LogP contribution in [0.4, 0.5) is 5.69 Å². The van der Waals surface area contributed by atoms with E-state index in [0.717, 1.165) is 17.2 Å². The first kappa shape index (κ1) is 12.9. The Bertz CT molecular complexity index is 548. The van der Waals surface area contributed by atoms with E-state index in [0.29, 0.717) is 12.3 Å². The lowest BCUT2D eigenvalue weighted by Crippen LogP contribution is -2.19. The van der Waals surface area contributed by atoms with Crippen molar-refractivity contribution < 1.29 is 9.53 Å². The minimum atomic E-state index is -0.489. The van der Waals surface area contributed by atoms with Crippen LogP contribution >= 0.6 is 0 Å². The van der Waals surface area contributed by atoms with Gasteiger partial charge in [-0.25, -0.2) is 4.98 Å². The number of nitrogens with one attached hydrogen (secondary N) is 2. The summed E-state index contributed by atoms with van der Waals surface area (Å²) in [6, 6.07) is 7.31. The summed E-state index contributed by atoms with van der Waals surface area (Å²) in [7, 11) is 0. The fraction of sp³-hybridized carbons (Fsp3) is 0.231. The Morgan fingerprint density at radius 3 is 2.74 bits per heavy atom. The number of primary amides is 1. The molecule has 1 aromatic carbocycles. The number of amides is 1. The molecule has 0 radical (unpaired) electrons. The van der Waals surface area contributed by atoms with Crippen LogP contribution in [0.3, 0.4) is 0 Å². The maximum Gasteiger partial charge on any atom is 0.255 e. The lowest BCUT2D eigenvalue weighted by atomic mass is 10.3. The Morgan fingerprint density at radius 1 is 1.42 bits per heavy atom. The average Bonchev–Trinajstić information content (AvgIpc) is 2.81. The molecule has 6 heteroatoms. The molecule has 0 aliphatic heterocycles. The zero-order chi connectivity index (χ0) is 13.7. The molecule has 6 nitrogen and oxygen atoms in total. The minimum absolute atomic E-state index is 0.111. The summed E-state index contributed by atoms with van der Waals surface area (Å²) in [5.41, 5.74) is 6.98. The molecular weight excluding hydrogens is 244 g/mol. The van der Waals surface area contributed by atoms with Gasteiger partial charge in [-0.3, -0.25) is 4.79 Å². The summed E-state index contributed by atoms with van der Waals surface area (Å²) < 4.78 is 5.17. The van der Waals surface area contributed by atoms with E-state index in [9.17, 15) is 4.79 Å². The quantitative estimate of drug-likeness (QED) is 0.727. The number of hydrogen-bond donors (Lipinski definition) is 3. The number of aromatic nitrogens is 2. The first-order valence-electron chi connectivity index (χ1n) is 5.89. The van der Waals surface area contributed by atoms with Gasteiger partial charge in [0, 0.05) is 5.69 Å². The van der Waals surface area contributed by atoms with Gasteiger partial charge in [0.05, 0.1) is 18.4 Å². The molecule has 19 heavy (non-hydrogen) atoms. The number of carbonyl (C=O) groups excluding carboxylic acids is 1. The second kappa shape index (κ2) is 5.90. The van der Waals surface area contributed by atoms with E-state index < -0.39 is 5.91 Å². The van der Waals surface area contributed by atoms with Crippen LogP contribution in [-0.2, 0) is 11.3 Å². The van der Waals surface area contributed by atoms with Crippen molar-refractivity contribution in [1.29, 1.82) is 0 Å². The topological polar surface area (TPSA) is 93.0 Å². The van der Waals surface area contributed by atoms with Crippen molar-refractivity contribution in [2.24, 2.45) is 5.73 Å². The maximum absolute atomic E-state index is 10.6. The van der Waals surface area contributed by atoms with E-state index in [4.69, 9.17) is 10.5 Å². The molecular formula is C13H16N4O2. The number of rotatable bonds is 6. The van der Waals surface area contributed by atoms with Gasteiger partial charge in [-0.05, 0) is 31.2 Å². The van der Waals surface area contributed by atoms with Gasteiger partial charge in [-0.2, -0.15) is 0 Å². The number of aromatic amines is 1. The van der Waals surface area contributed by atoms with Gasteiger partial charge in [-0.1, -0.05) is 0 Å². The average molecular weight is 260 g/mol. The predicted molar refractivity (Wildman–Crippen MR) is 71.8 cm³/mol. The van der Waals surface area contributed by atoms with Crippen molar-refractivity contribution in [1.82, 2.24) is 9.97 Å². The molecule has 0 spiro atoms.